The Balaban J connectivity index is 1.60. The third kappa shape index (κ3) is 2.24. The number of ether oxygens (including phenoxy) is 1. The number of hydrogen-bond donors (Lipinski definition) is 0. The lowest BCUT2D eigenvalue weighted by atomic mass is 9.75. The van der Waals surface area contributed by atoms with Gasteiger partial charge in [-0.15, -0.1) is 0 Å². The SMILES string of the molecule is c1ccc(CCN2CCOCC23CCC3)cc1. The van der Waals surface area contributed by atoms with Crippen molar-refractivity contribution < 1.29 is 4.74 Å². The van der Waals surface area contributed by atoms with Crippen LogP contribution in [0.1, 0.15) is 24.8 Å². The second-order valence-electron chi connectivity index (χ2n) is 5.35. The molecule has 2 heteroatoms. The van der Waals surface area contributed by atoms with Crippen molar-refractivity contribution in [3.05, 3.63) is 35.9 Å². The number of nitrogens with zero attached hydrogens (tertiary/aromatic N) is 1. The molecule has 2 aliphatic rings. The van der Waals surface area contributed by atoms with Crippen molar-refractivity contribution >= 4 is 0 Å². The molecule has 1 saturated carbocycles. The molecule has 1 aliphatic carbocycles. The van der Waals surface area contributed by atoms with Crippen LogP contribution in [0.25, 0.3) is 0 Å². The maximum Gasteiger partial charge on any atom is 0.0651 e. The number of morpholine rings is 1. The Morgan fingerprint density at radius 1 is 1.18 bits per heavy atom. The van der Waals surface area contributed by atoms with Crippen molar-refractivity contribution in [1.29, 1.82) is 0 Å². The van der Waals surface area contributed by atoms with E-state index in [2.05, 4.69) is 35.2 Å². The van der Waals surface area contributed by atoms with Gasteiger partial charge in [0.1, 0.15) is 0 Å². The van der Waals surface area contributed by atoms with Gasteiger partial charge in [0.25, 0.3) is 0 Å². The Labute approximate surface area is 104 Å². The highest BCUT2D eigenvalue weighted by Crippen LogP contribution is 2.39. The predicted octanol–water partition coefficient (Wildman–Crippen LogP) is 2.48. The largest absolute Gasteiger partial charge is 0.378 e. The van der Waals surface area contributed by atoms with Gasteiger partial charge < -0.3 is 4.74 Å². The summed E-state index contributed by atoms with van der Waals surface area (Å²) in [6.45, 7) is 4.18. The monoisotopic (exact) mass is 231 g/mol. The Kier molecular flexibility index (Phi) is 3.17. The molecule has 0 unspecified atom stereocenters. The molecule has 92 valence electrons. The van der Waals surface area contributed by atoms with E-state index in [1.807, 2.05) is 0 Å². The number of benzene rings is 1. The van der Waals surface area contributed by atoms with E-state index < -0.39 is 0 Å². The van der Waals surface area contributed by atoms with Crippen molar-refractivity contribution in [2.24, 2.45) is 0 Å². The summed E-state index contributed by atoms with van der Waals surface area (Å²) in [6.07, 6.45) is 5.22. The Hall–Kier alpha value is -0.860. The van der Waals surface area contributed by atoms with E-state index in [-0.39, 0.29) is 0 Å². The van der Waals surface area contributed by atoms with E-state index in [4.69, 9.17) is 4.74 Å². The molecule has 0 amide bonds. The zero-order valence-corrected chi connectivity index (χ0v) is 10.4. The highest BCUT2D eigenvalue weighted by Gasteiger charge is 2.44. The first-order valence-electron chi connectivity index (χ1n) is 6.76. The fraction of sp³-hybridized carbons (Fsp3) is 0.600. The van der Waals surface area contributed by atoms with Gasteiger partial charge in [-0.2, -0.15) is 0 Å². The molecule has 1 saturated heterocycles. The van der Waals surface area contributed by atoms with E-state index in [0.29, 0.717) is 5.54 Å². The van der Waals surface area contributed by atoms with Crippen molar-refractivity contribution in [2.75, 3.05) is 26.3 Å². The van der Waals surface area contributed by atoms with E-state index in [9.17, 15) is 0 Å². The summed E-state index contributed by atoms with van der Waals surface area (Å²) in [4.78, 5) is 2.67. The molecule has 2 fully saturated rings. The lowest BCUT2D eigenvalue weighted by Gasteiger charge is -2.52. The van der Waals surface area contributed by atoms with Gasteiger partial charge in [0, 0.05) is 18.6 Å². The van der Waals surface area contributed by atoms with Crippen LogP contribution in [0, 0.1) is 0 Å². The molecule has 2 nitrogen and oxygen atoms in total. The molecule has 0 bridgehead atoms. The van der Waals surface area contributed by atoms with Crippen LogP contribution < -0.4 is 0 Å². The molecule has 1 heterocycles. The standard InChI is InChI=1S/C15H21NO/c1-2-5-14(6-3-1)7-10-16-11-12-17-13-15(16)8-4-9-15/h1-3,5-6H,4,7-13H2. The third-order valence-electron chi connectivity index (χ3n) is 4.34. The first-order chi connectivity index (χ1) is 8.39. The maximum atomic E-state index is 5.67. The van der Waals surface area contributed by atoms with Crippen LogP contribution in [-0.2, 0) is 11.2 Å². The van der Waals surface area contributed by atoms with Crippen LogP contribution in [0.3, 0.4) is 0 Å². The minimum absolute atomic E-state index is 0.410. The normalized spacial score (nSPS) is 23.5. The molecule has 1 aliphatic heterocycles. The van der Waals surface area contributed by atoms with E-state index in [1.54, 1.807) is 0 Å². The summed E-state index contributed by atoms with van der Waals surface area (Å²) in [5.41, 5.74) is 1.86. The van der Waals surface area contributed by atoms with E-state index in [1.165, 1.54) is 37.8 Å². The minimum Gasteiger partial charge on any atom is -0.378 e. The van der Waals surface area contributed by atoms with Crippen LogP contribution >= 0.6 is 0 Å². The van der Waals surface area contributed by atoms with Crippen LogP contribution in [-0.4, -0.2) is 36.7 Å². The molecule has 0 radical (unpaired) electrons. The fourth-order valence-corrected chi connectivity index (χ4v) is 3.07. The summed E-state index contributed by atoms with van der Waals surface area (Å²) in [6, 6.07) is 10.8. The highest BCUT2D eigenvalue weighted by molar-refractivity contribution is 5.15. The van der Waals surface area contributed by atoms with Gasteiger partial charge in [0.05, 0.1) is 13.2 Å². The van der Waals surface area contributed by atoms with Gasteiger partial charge in [0.15, 0.2) is 0 Å². The molecule has 17 heavy (non-hydrogen) atoms. The molecular formula is C15H21NO. The second kappa shape index (κ2) is 4.79. The Morgan fingerprint density at radius 2 is 2.00 bits per heavy atom. The van der Waals surface area contributed by atoms with Crippen molar-refractivity contribution in [3.63, 3.8) is 0 Å². The molecule has 1 spiro atoms. The molecular weight excluding hydrogens is 210 g/mol. The van der Waals surface area contributed by atoms with Crippen LogP contribution in [0.4, 0.5) is 0 Å². The zero-order valence-electron chi connectivity index (χ0n) is 10.4. The number of rotatable bonds is 3. The lowest BCUT2D eigenvalue weighted by molar-refractivity contribution is -0.106. The summed E-state index contributed by atoms with van der Waals surface area (Å²) in [7, 11) is 0. The summed E-state index contributed by atoms with van der Waals surface area (Å²) >= 11 is 0. The highest BCUT2D eigenvalue weighted by atomic mass is 16.5. The van der Waals surface area contributed by atoms with Crippen LogP contribution in [0.15, 0.2) is 30.3 Å². The topological polar surface area (TPSA) is 12.5 Å². The van der Waals surface area contributed by atoms with Gasteiger partial charge in [-0.05, 0) is 31.2 Å². The van der Waals surface area contributed by atoms with Gasteiger partial charge in [-0.3, -0.25) is 4.90 Å². The van der Waals surface area contributed by atoms with Crippen molar-refractivity contribution in [3.8, 4) is 0 Å². The summed E-state index contributed by atoms with van der Waals surface area (Å²) in [5.74, 6) is 0. The summed E-state index contributed by atoms with van der Waals surface area (Å²) in [5, 5.41) is 0. The minimum atomic E-state index is 0.410. The molecule has 0 atom stereocenters. The average Bonchev–Trinajstić information content (AvgIpc) is 2.36. The smallest absolute Gasteiger partial charge is 0.0651 e. The maximum absolute atomic E-state index is 5.67. The van der Waals surface area contributed by atoms with Crippen LogP contribution in [0.2, 0.25) is 0 Å². The first-order valence-corrected chi connectivity index (χ1v) is 6.76. The fourth-order valence-electron chi connectivity index (χ4n) is 3.07. The summed E-state index contributed by atoms with van der Waals surface area (Å²) < 4.78 is 5.67. The second-order valence-corrected chi connectivity index (χ2v) is 5.35. The zero-order chi connectivity index (χ0) is 11.6. The first kappa shape index (κ1) is 11.2. The molecule has 0 aromatic heterocycles. The van der Waals surface area contributed by atoms with E-state index >= 15 is 0 Å². The van der Waals surface area contributed by atoms with Gasteiger partial charge in [0.2, 0.25) is 0 Å². The quantitative estimate of drug-likeness (QED) is 0.792. The Morgan fingerprint density at radius 3 is 2.71 bits per heavy atom. The van der Waals surface area contributed by atoms with E-state index in [0.717, 1.165) is 19.8 Å². The average molecular weight is 231 g/mol. The third-order valence-corrected chi connectivity index (χ3v) is 4.34. The van der Waals surface area contributed by atoms with Gasteiger partial charge in [-0.25, -0.2) is 0 Å². The van der Waals surface area contributed by atoms with Gasteiger partial charge in [-0.1, -0.05) is 30.3 Å². The molecule has 0 N–H and O–H groups in total. The van der Waals surface area contributed by atoms with Crippen molar-refractivity contribution in [2.45, 2.75) is 31.2 Å². The molecule has 1 aromatic rings. The van der Waals surface area contributed by atoms with Crippen LogP contribution in [0.5, 0.6) is 0 Å². The molecule has 3 rings (SSSR count). The van der Waals surface area contributed by atoms with Gasteiger partial charge >= 0.3 is 0 Å². The molecule has 1 aromatic carbocycles. The van der Waals surface area contributed by atoms with Crippen molar-refractivity contribution in [1.82, 2.24) is 4.90 Å². The number of hydrogen-bond acceptors (Lipinski definition) is 2. The Bertz CT molecular complexity index is 358. The lowest BCUT2D eigenvalue weighted by Crippen LogP contribution is -2.61. The predicted molar refractivity (Wildman–Crippen MR) is 69.1 cm³/mol.